The van der Waals surface area contributed by atoms with Gasteiger partial charge in [-0.2, -0.15) is 0 Å². The second kappa shape index (κ2) is 6.51. The Bertz CT molecular complexity index is 707. The number of rotatable bonds is 4. The topological polar surface area (TPSA) is 92.2 Å². The van der Waals surface area contributed by atoms with Crippen molar-refractivity contribution in [2.45, 2.75) is 6.54 Å². The van der Waals surface area contributed by atoms with Crippen LogP contribution in [0.5, 0.6) is 0 Å². The molecule has 0 aliphatic heterocycles. The molecule has 1 amide bonds. The minimum atomic E-state index is -1.32. The summed E-state index contributed by atoms with van der Waals surface area (Å²) in [7, 11) is 0. The van der Waals surface area contributed by atoms with Crippen LogP contribution >= 0.6 is 23.2 Å². The first-order valence-electron chi connectivity index (χ1n) is 5.75. The summed E-state index contributed by atoms with van der Waals surface area (Å²) < 4.78 is 0. The minimum absolute atomic E-state index is 0.116. The van der Waals surface area contributed by atoms with Gasteiger partial charge in [0, 0.05) is 29.0 Å². The van der Waals surface area contributed by atoms with Gasteiger partial charge < -0.3 is 10.4 Å². The summed E-state index contributed by atoms with van der Waals surface area (Å²) in [6, 6.07) is 4.86. The lowest BCUT2D eigenvalue weighted by atomic mass is 10.2. The van der Waals surface area contributed by atoms with Crippen LogP contribution in [0.25, 0.3) is 0 Å². The van der Waals surface area contributed by atoms with Gasteiger partial charge in [-0.05, 0) is 17.7 Å². The van der Waals surface area contributed by atoms with Crippen LogP contribution < -0.4 is 5.32 Å². The first kappa shape index (κ1) is 15.2. The maximum atomic E-state index is 12.0. The third-order valence-electron chi connectivity index (χ3n) is 2.57. The van der Waals surface area contributed by atoms with Gasteiger partial charge in [0.2, 0.25) is 0 Å². The van der Waals surface area contributed by atoms with Crippen molar-refractivity contribution < 1.29 is 14.7 Å². The summed E-state index contributed by atoms with van der Waals surface area (Å²) >= 11 is 11.8. The van der Waals surface area contributed by atoms with Gasteiger partial charge in [0.1, 0.15) is 0 Å². The molecule has 0 aliphatic rings. The molecule has 0 atom stereocenters. The third-order valence-corrected chi connectivity index (χ3v) is 3.16. The summed E-state index contributed by atoms with van der Waals surface area (Å²) in [4.78, 5) is 30.3. The molecule has 0 spiro atoms. The van der Waals surface area contributed by atoms with Crippen molar-refractivity contribution in [3.8, 4) is 0 Å². The number of nitrogens with one attached hydrogen (secondary N) is 1. The summed E-state index contributed by atoms with van der Waals surface area (Å²) in [6.07, 6.45) is 2.45. The number of hydrogen-bond donors (Lipinski definition) is 2. The molecular weight excluding hydrogens is 317 g/mol. The van der Waals surface area contributed by atoms with Crippen LogP contribution in [-0.4, -0.2) is 27.0 Å². The van der Waals surface area contributed by atoms with Crippen molar-refractivity contribution in [2.75, 3.05) is 0 Å². The number of carbonyl (C=O) groups is 2. The zero-order chi connectivity index (χ0) is 15.4. The largest absolute Gasteiger partial charge is 0.476 e. The summed E-state index contributed by atoms with van der Waals surface area (Å²) in [6.45, 7) is 0.116. The van der Waals surface area contributed by atoms with E-state index < -0.39 is 17.6 Å². The van der Waals surface area contributed by atoms with E-state index in [2.05, 4.69) is 15.3 Å². The Morgan fingerprint density at radius 2 is 1.81 bits per heavy atom. The number of aromatic nitrogens is 2. The van der Waals surface area contributed by atoms with E-state index in [9.17, 15) is 9.59 Å². The molecule has 21 heavy (non-hydrogen) atoms. The fourth-order valence-corrected chi connectivity index (χ4v) is 2.06. The standard InChI is InChI=1S/C13H9Cl2N3O3/c14-8-2-1-7(9(15)5-8)6-18-12(19)10-11(13(20)21)17-4-3-16-10/h1-5H,6H2,(H,18,19)(H,20,21). The molecule has 2 aromatic rings. The number of aromatic carboxylic acids is 1. The monoisotopic (exact) mass is 325 g/mol. The Hall–Kier alpha value is -2.18. The Morgan fingerprint density at radius 1 is 1.14 bits per heavy atom. The predicted molar refractivity (Wildman–Crippen MR) is 76.6 cm³/mol. The number of hydrogen-bond acceptors (Lipinski definition) is 4. The average Bonchev–Trinajstić information content (AvgIpc) is 2.46. The van der Waals surface area contributed by atoms with Crippen molar-refractivity contribution in [3.63, 3.8) is 0 Å². The molecular formula is C13H9Cl2N3O3. The van der Waals surface area contributed by atoms with Gasteiger partial charge >= 0.3 is 5.97 Å². The SMILES string of the molecule is O=C(O)c1nccnc1C(=O)NCc1ccc(Cl)cc1Cl. The molecule has 0 radical (unpaired) electrons. The van der Waals surface area contributed by atoms with Gasteiger partial charge in [0.15, 0.2) is 11.4 Å². The lowest BCUT2D eigenvalue weighted by molar-refractivity contribution is 0.0683. The Balaban J connectivity index is 2.14. The van der Waals surface area contributed by atoms with Crippen LogP contribution in [0.2, 0.25) is 10.0 Å². The molecule has 0 aliphatic carbocycles. The van der Waals surface area contributed by atoms with E-state index in [-0.39, 0.29) is 12.2 Å². The average molecular weight is 326 g/mol. The predicted octanol–water partition coefficient (Wildman–Crippen LogP) is 2.41. The molecule has 8 heteroatoms. The lowest BCUT2D eigenvalue weighted by Crippen LogP contribution is -2.26. The summed E-state index contributed by atoms with van der Waals surface area (Å²) in [5, 5.41) is 12.4. The van der Waals surface area contributed by atoms with Crippen LogP contribution in [0.4, 0.5) is 0 Å². The molecule has 1 aromatic carbocycles. The Kier molecular flexibility index (Phi) is 4.72. The van der Waals surface area contributed by atoms with Crippen LogP contribution in [0.15, 0.2) is 30.6 Å². The molecule has 0 unspecified atom stereocenters. The van der Waals surface area contributed by atoms with Crippen LogP contribution in [0, 0.1) is 0 Å². The highest BCUT2D eigenvalue weighted by Gasteiger charge is 2.19. The van der Waals surface area contributed by atoms with Gasteiger partial charge in [0.25, 0.3) is 5.91 Å². The molecule has 0 saturated heterocycles. The number of carbonyl (C=O) groups excluding carboxylic acids is 1. The van der Waals surface area contributed by atoms with Crippen molar-refractivity contribution in [1.82, 2.24) is 15.3 Å². The van der Waals surface area contributed by atoms with E-state index in [0.29, 0.717) is 15.6 Å². The fraction of sp³-hybridized carbons (Fsp3) is 0.0769. The van der Waals surface area contributed by atoms with Crippen LogP contribution in [0.3, 0.4) is 0 Å². The number of benzene rings is 1. The van der Waals surface area contributed by atoms with E-state index in [0.717, 1.165) is 0 Å². The normalized spacial score (nSPS) is 10.2. The second-order valence-electron chi connectivity index (χ2n) is 3.98. The van der Waals surface area contributed by atoms with Gasteiger partial charge in [0.05, 0.1) is 0 Å². The van der Waals surface area contributed by atoms with Gasteiger partial charge in [-0.1, -0.05) is 29.3 Å². The molecule has 2 N–H and O–H groups in total. The molecule has 6 nitrogen and oxygen atoms in total. The fourth-order valence-electron chi connectivity index (χ4n) is 1.58. The molecule has 1 aromatic heterocycles. The minimum Gasteiger partial charge on any atom is -0.476 e. The Morgan fingerprint density at radius 3 is 2.43 bits per heavy atom. The molecule has 108 valence electrons. The zero-order valence-corrected chi connectivity index (χ0v) is 12.0. The van der Waals surface area contributed by atoms with Gasteiger partial charge in [-0.3, -0.25) is 4.79 Å². The number of carboxylic acids is 1. The van der Waals surface area contributed by atoms with Crippen molar-refractivity contribution >= 4 is 35.1 Å². The van der Waals surface area contributed by atoms with Gasteiger partial charge in [-0.15, -0.1) is 0 Å². The highest BCUT2D eigenvalue weighted by Crippen LogP contribution is 2.20. The molecule has 2 rings (SSSR count). The smallest absolute Gasteiger partial charge is 0.356 e. The number of nitrogens with zero attached hydrogens (tertiary/aromatic N) is 2. The first-order valence-corrected chi connectivity index (χ1v) is 6.51. The highest BCUT2D eigenvalue weighted by atomic mass is 35.5. The number of amides is 1. The number of carboxylic acid groups (broad SMARTS) is 1. The quantitative estimate of drug-likeness (QED) is 0.900. The van der Waals surface area contributed by atoms with E-state index in [4.69, 9.17) is 28.3 Å². The molecule has 0 bridgehead atoms. The Labute approximate surface area is 129 Å². The van der Waals surface area contributed by atoms with E-state index in [1.165, 1.54) is 12.4 Å². The van der Waals surface area contributed by atoms with Crippen molar-refractivity contribution in [3.05, 3.63) is 57.6 Å². The van der Waals surface area contributed by atoms with E-state index >= 15 is 0 Å². The van der Waals surface area contributed by atoms with Crippen LogP contribution in [0.1, 0.15) is 26.5 Å². The molecule has 0 saturated carbocycles. The second-order valence-corrected chi connectivity index (χ2v) is 4.82. The zero-order valence-electron chi connectivity index (χ0n) is 10.5. The van der Waals surface area contributed by atoms with E-state index in [1.54, 1.807) is 18.2 Å². The van der Waals surface area contributed by atoms with Gasteiger partial charge in [-0.25, -0.2) is 14.8 Å². The maximum Gasteiger partial charge on any atom is 0.356 e. The third kappa shape index (κ3) is 3.68. The highest BCUT2D eigenvalue weighted by molar-refractivity contribution is 6.35. The number of halogens is 2. The summed E-state index contributed by atoms with van der Waals surface area (Å²) in [5.41, 5.74) is -0.0116. The summed E-state index contributed by atoms with van der Waals surface area (Å²) in [5.74, 6) is -1.97. The van der Waals surface area contributed by atoms with Crippen molar-refractivity contribution in [1.29, 1.82) is 0 Å². The van der Waals surface area contributed by atoms with Crippen molar-refractivity contribution in [2.24, 2.45) is 0 Å². The van der Waals surface area contributed by atoms with E-state index in [1.807, 2.05) is 0 Å². The lowest BCUT2D eigenvalue weighted by Gasteiger charge is -2.08. The maximum absolute atomic E-state index is 12.0. The van der Waals surface area contributed by atoms with Crippen LogP contribution in [-0.2, 0) is 6.54 Å². The first-order chi connectivity index (χ1) is 9.99. The molecule has 1 heterocycles. The molecule has 0 fully saturated rings.